The van der Waals surface area contributed by atoms with Crippen LogP contribution in [0.3, 0.4) is 0 Å². The predicted octanol–water partition coefficient (Wildman–Crippen LogP) is 3.61. The van der Waals surface area contributed by atoms with Gasteiger partial charge in [-0.05, 0) is 36.9 Å². The lowest BCUT2D eigenvalue weighted by molar-refractivity contribution is 0.174. The highest BCUT2D eigenvalue weighted by Gasteiger charge is 2.15. The Labute approximate surface area is 101 Å². The van der Waals surface area contributed by atoms with E-state index in [4.69, 9.17) is 9.47 Å². The van der Waals surface area contributed by atoms with Crippen molar-refractivity contribution >= 4 is 10.8 Å². The third-order valence-corrected chi connectivity index (χ3v) is 2.89. The molecular formula is C14H17NO2. The number of ether oxygens (including phenoxy) is 2. The van der Waals surface area contributed by atoms with Crippen molar-refractivity contribution in [3.8, 4) is 11.5 Å². The van der Waals surface area contributed by atoms with Crippen LogP contribution in [0.2, 0.25) is 0 Å². The van der Waals surface area contributed by atoms with Gasteiger partial charge < -0.3 is 9.47 Å². The molecule has 0 spiro atoms. The highest BCUT2D eigenvalue weighted by Crippen LogP contribution is 2.37. The maximum Gasteiger partial charge on any atom is 0.231 e. The van der Waals surface area contributed by atoms with Crippen LogP contribution < -0.4 is 9.47 Å². The molecule has 0 fully saturated rings. The summed E-state index contributed by atoms with van der Waals surface area (Å²) in [6, 6.07) is 4.01. The van der Waals surface area contributed by atoms with Crippen LogP contribution in [0.15, 0.2) is 18.3 Å². The zero-order chi connectivity index (χ0) is 12.4. The molecule has 1 aromatic carbocycles. The first-order chi connectivity index (χ1) is 8.25. The Morgan fingerprint density at radius 1 is 1.06 bits per heavy atom. The zero-order valence-electron chi connectivity index (χ0n) is 10.7. The van der Waals surface area contributed by atoms with Crippen molar-refractivity contribution in [3.63, 3.8) is 0 Å². The van der Waals surface area contributed by atoms with Gasteiger partial charge in [-0.2, -0.15) is 0 Å². The van der Waals surface area contributed by atoms with E-state index in [1.54, 1.807) is 0 Å². The minimum atomic E-state index is 0.317. The third kappa shape index (κ3) is 1.93. The predicted molar refractivity (Wildman–Crippen MR) is 68.7 cm³/mol. The molecule has 3 rings (SSSR count). The number of rotatable bonds is 0. The van der Waals surface area contributed by atoms with E-state index in [-0.39, 0.29) is 0 Å². The molecule has 17 heavy (non-hydrogen) atoms. The quantitative estimate of drug-likeness (QED) is 0.694. The van der Waals surface area contributed by atoms with Gasteiger partial charge in [0.25, 0.3) is 0 Å². The molecule has 1 aliphatic heterocycles. The average Bonchev–Trinajstić information content (AvgIpc) is 2.82. The summed E-state index contributed by atoms with van der Waals surface area (Å²) in [7, 11) is 0. The second-order valence-corrected chi connectivity index (χ2v) is 3.76. The van der Waals surface area contributed by atoms with Crippen LogP contribution in [0.5, 0.6) is 11.5 Å². The molecule has 0 saturated carbocycles. The number of hydrogen-bond donors (Lipinski definition) is 0. The van der Waals surface area contributed by atoms with E-state index in [2.05, 4.69) is 11.9 Å². The van der Waals surface area contributed by atoms with Crippen LogP contribution in [0.4, 0.5) is 0 Å². The lowest BCUT2D eigenvalue weighted by atomic mass is 10.1. The maximum atomic E-state index is 5.36. The van der Waals surface area contributed by atoms with E-state index < -0.39 is 0 Å². The molecule has 0 bridgehead atoms. The van der Waals surface area contributed by atoms with Crippen LogP contribution in [-0.4, -0.2) is 11.8 Å². The molecule has 90 valence electrons. The van der Waals surface area contributed by atoms with E-state index in [0.29, 0.717) is 6.79 Å². The molecule has 0 atom stereocenters. The average molecular weight is 231 g/mol. The van der Waals surface area contributed by atoms with Gasteiger partial charge in [-0.3, -0.25) is 4.98 Å². The Kier molecular flexibility index (Phi) is 3.18. The molecule has 1 aliphatic rings. The zero-order valence-corrected chi connectivity index (χ0v) is 10.7. The first-order valence-electron chi connectivity index (χ1n) is 5.91. The largest absolute Gasteiger partial charge is 0.454 e. The van der Waals surface area contributed by atoms with E-state index >= 15 is 0 Å². The number of aryl methyl sites for hydroxylation is 2. The van der Waals surface area contributed by atoms with Gasteiger partial charge in [0, 0.05) is 17.3 Å². The molecule has 0 aliphatic carbocycles. The van der Waals surface area contributed by atoms with Gasteiger partial charge in [0.2, 0.25) is 6.79 Å². The molecule has 0 unspecified atom stereocenters. The molecule has 2 aromatic rings. The van der Waals surface area contributed by atoms with Crippen molar-refractivity contribution in [2.75, 3.05) is 6.79 Å². The van der Waals surface area contributed by atoms with Crippen molar-refractivity contribution in [3.05, 3.63) is 29.6 Å². The Hall–Kier alpha value is -1.77. The van der Waals surface area contributed by atoms with Crippen molar-refractivity contribution in [2.24, 2.45) is 0 Å². The van der Waals surface area contributed by atoms with Gasteiger partial charge >= 0.3 is 0 Å². The van der Waals surface area contributed by atoms with E-state index in [9.17, 15) is 0 Å². The van der Waals surface area contributed by atoms with E-state index in [0.717, 1.165) is 22.6 Å². The van der Waals surface area contributed by atoms with Crippen LogP contribution in [-0.2, 0) is 0 Å². The number of aromatic nitrogens is 1. The summed E-state index contributed by atoms with van der Waals surface area (Å²) in [5.74, 6) is 1.64. The molecule has 1 aromatic heterocycles. The molecular weight excluding hydrogens is 214 g/mol. The van der Waals surface area contributed by atoms with E-state index in [1.165, 1.54) is 10.9 Å². The molecule has 3 nitrogen and oxygen atoms in total. The lowest BCUT2D eigenvalue weighted by Crippen LogP contribution is -1.92. The lowest BCUT2D eigenvalue weighted by Gasteiger charge is -2.05. The van der Waals surface area contributed by atoms with Crippen LogP contribution in [0.25, 0.3) is 10.8 Å². The fourth-order valence-corrected chi connectivity index (χ4v) is 1.85. The number of hydrogen-bond acceptors (Lipinski definition) is 3. The Morgan fingerprint density at radius 2 is 1.71 bits per heavy atom. The normalized spacial score (nSPS) is 12.2. The Bertz CT molecular complexity index is 549. The van der Waals surface area contributed by atoms with Crippen molar-refractivity contribution in [1.82, 2.24) is 4.98 Å². The monoisotopic (exact) mass is 231 g/mol. The summed E-state index contributed by atoms with van der Waals surface area (Å²) in [5, 5.41) is 2.29. The van der Waals surface area contributed by atoms with Crippen molar-refractivity contribution in [1.29, 1.82) is 0 Å². The van der Waals surface area contributed by atoms with Gasteiger partial charge in [0.1, 0.15) is 0 Å². The van der Waals surface area contributed by atoms with Crippen LogP contribution in [0.1, 0.15) is 25.1 Å². The van der Waals surface area contributed by atoms with Gasteiger partial charge in [0.15, 0.2) is 11.5 Å². The third-order valence-electron chi connectivity index (χ3n) is 2.89. The summed E-state index contributed by atoms with van der Waals surface area (Å²) in [6.07, 6.45) is 1.87. The minimum Gasteiger partial charge on any atom is -0.454 e. The minimum absolute atomic E-state index is 0.317. The van der Waals surface area contributed by atoms with Crippen LogP contribution in [0, 0.1) is 13.8 Å². The number of benzene rings is 1. The summed E-state index contributed by atoms with van der Waals surface area (Å²) >= 11 is 0. The fourth-order valence-electron chi connectivity index (χ4n) is 1.85. The standard InChI is InChI=1S/C12H11NO2.C2H6/c1-7-8(2)13-5-9-3-11-12(4-10(7)9)15-6-14-11;1-2/h3-5H,6H2,1-2H3;1-2H3. The highest BCUT2D eigenvalue weighted by molar-refractivity contribution is 5.88. The highest BCUT2D eigenvalue weighted by atomic mass is 16.7. The summed E-state index contributed by atoms with van der Waals surface area (Å²) in [6.45, 7) is 8.41. The number of fused-ring (bicyclic) bond motifs is 2. The molecule has 3 heteroatoms. The molecule has 0 saturated heterocycles. The second kappa shape index (κ2) is 4.62. The topological polar surface area (TPSA) is 31.4 Å². The fraction of sp³-hybridized carbons (Fsp3) is 0.357. The van der Waals surface area contributed by atoms with Gasteiger partial charge in [-0.25, -0.2) is 0 Å². The Balaban J connectivity index is 0.000000514. The summed E-state index contributed by atoms with van der Waals surface area (Å²) in [5.41, 5.74) is 2.26. The first-order valence-corrected chi connectivity index (χ1v) is 5.91. The van der Waals surface area contributed by atoms with Gasteiger partial charge in [-0.1, -0.05) is 13.8 Å². The first kappa shape index (κ1) is 11.7. The number of nitrogens with zero attached hydrogens (tertiary/aromatic N) is 1. The van der Waals surface area contributed by atoms with Crippen molar-refractivity contribution < 1.29 is 9.47 Å². The smallest absolute Gasteiger partial charge is 0.231 e. The molecule has 0 amide bonds. The number of pyridine rings is 1. The van der Waals surface area contributed by atoms with Crippen molar-refractivity contribution in [2.45, 2.75) is 27.7 Å². The summed E-state index contributed by atoms with van der Waals surface area (Å²) in [4.78, 5) is 4.34. The molecule has 2 heterocycles. The second-order valence-electron chi connectivity index (χ2n) is 3.76. The SMILES string of the molecule is CC.Cc1ncc2cc3c(cc2c1C)OCO3. The van der Waals surface area contributed by atoms with Gasteiger partial charge in [0.05, 0.1) is 0 Å². The summed E-state index contributed by atoms with van der Waals surface area (Å²) < 4.78 is 10.7. The van der Waals surface area contributed by atoms with E-state index in [1.807, 2.05) is 39.1 Å². The van der Waals surface area contributed by atoms with Gasteiger partial charge in [-0.15, -0.1) is 0 Å². The Morgan fingerprint density at radius 3 is 2.41 bits per heavy atom. The molecule has 0 radical (unpaired) electrons. The maximum absolute atomic E-state index is 5.36. The van der Waals surface area contributed by atoms with Crippen LogP contribution >= 0.6 is 0 Å². The molecule has 0 N–H and O–H groups in total.